The number of rotatable bonds is 1. The molecular weight excluding hydrogens is 134 g/mol. The number of hydrogen-bond donors (Lipinski definition) is 1. The van der Waals surface area contributed by atoms with E-state index in [9.17, 15) is 0 Å². The fraction of sp³-hybridized carbons (Fsp3) is 1.00. The van der Waals surface area contributed by atoms with Crippen LogP contribution in [-0.2, 0) is 0 Å². The van der Waals surface area contributed by atoms with Crippen molar-refractivity contribution in [3.05, 3.63) is 0 Å². The van der Waals surface area contributed by atoms with Gasteiger partial charge in [0.05, 0.1) is 0 Å². The zero-order chi connectivity index (χ0) is 8.70. The Bertz CT molecular complexity index is 131. The third kappa shape index (κ3) is 1.44. The highest BCUT2D eigenvalue weighted by atomic mass is 14.9. The monoisotopic (exact) mass is 155 g/mol. The van der Waals surface area contributed by atoms with Crippen molar-refractivity contribution < 1.29 is 0 Å². The molecular formula is C10H21N. The molecule has 0 radical (unpaired) electrons. The average molecular weight is 155 g/mol. The summed E-state index contributed by atoms with van der Waals surface area (Å²) in [6, 6.07) is 0.676. The molecule has 0 aliphatic heterocycles. The third-order valence-electron chi connectivity index (χ3n) is 3.27. The Balaban J connectivity index is 2.80. The molecule has 0 bridgehead atoms. The lowest BCUT2D eigenvalue weighted by molar-refractivity contribution is 0.205. The normalized spacial score (nSPS) is 29.2. The largest absolute Gasteiger partial charge is 0.316 e. The summed E-state index contributed by atoms with van der Waals surface area (Å²) in [6.07, 6.45) is 2.71. The quantitative estimate of drug-likeness (QED) is 0.613. The Kier molecular flexibility index (Phi) is 2.04. The summed E-state index contributed by atoms with van der Waals surface area (Å²) in [7, 11) is 2.08. The Morgan fingerprint density at radius 1 is 1.00 bits per heavy atom. The van der Waals surface area contributed by atoms with Crippen LogP contribution in [0.25, 0.3) is 0 Å². The van der Waals surface area contributed by atoms with Crippen molar-refractivity contribution in [2.24, 2.45) is 10.8 Å². The minimum Gasteiger partial charge on any atom is -0.316 e. The molecule has 0 aromatic heterocycles. The van der Waals surface area contributed by atoms with Gasteiger partial charge < -0.3 is 5.32 Å². The highest BCUT2D eigenvalue weighted by molar-refractivity contribution is 5.00. The maximum Gasteiger partial charge on any atom is 0.0166 e. The molecule has 1 heteroatoms. The van der Waals surface area contributed by atoms with Crippen molar-refractivity contribution in [2.75, 3.05) is 7.05 Å². The average Bonchev–Trinajstić information content (AvgIpc) is 2.03. The summed E-state index contributed by atoms with van der Waals surface area (Å²) in [5, 5.41) is 3.44. The smallest absolute Gasteiger partial charge is 0.0166 e. The molecule has 0 saturated heterocycles. The first-order chi connectivity index (χ1) is 4.90. The Hall–Kier alpha value is -0.0400. The molecule has 1 N–H and O–H groups in total. The fourth-order valence-corrected chi connectivity index (χ4v) is 2.77. The van der Waals surface area contributed by atoms with E-state index in [0.717, 1.165) is 0 Å². The molecule has 1 aliphatic carbocycles. The summed E-state index contributed by atoms with van der Waals surface area (Å²) in [5.41, 5.74) is 0.969. The van der Waals surface area contributed by atoms with Crippen molar-refractivity contribution in [3.8, 4) is 0 Å². The van der Waals surface area contributed by atoms with Gasteiger partial charge in [0.1, 0.15) is 0 Å². The molecule has 0 aromatic carbocycles. The van der Waals surface area contributed by atoms with Gasteiger partial charge in [-0.2, -0.15) is 0 Å². The van der Waals surface area contributed by atoms with Gasteiger partial charge in [0, 0.05) is 6.04 Å². The van der Waals surface area contributed by atoms with Crippen LogP contribution < -0.4 is 5.32 Å². The second kappa shape index (κ2) is 2.48. The second-order valence-corrected chi connectivity index (χ2v) is 5.20. The molecule has 0 heterocycles. The zero-order valence-electron chi connectivity index (χ0n) is 8.49. The SMILES string of the molecule is CNC1C(C)(C)CCC1(C)C. The molecule has 1 saturated carbocycles. The van der Waals surface area contributed by atoms with Crippen molar-refractivity contribution in [1.82, 2.24) is 5.32 Å². The standard InChI is InChI=1S/C10H21N/c1-9(2)6-7-10(3,4)8(9)11-5/h8,11H,6-7H2,1-5H3. The van der Waals surface area contributed by atoms with Crippen LogP contribution in [0.5, 0.6) is 0 Å². The lowest BCUT2D eigenvalue weighted by atomic mass is 9.79. The van der Waals surface area contributed by atoms with Crippen LogP contribution in [0.2, 0.25) is 0 Å². The van der Waals surface area contributed by atoms with Crippen LogP contribution >= 0.6 is 0 Å². The maximum absolute atomic E-state index is 3.44. The molecule has 0 amide bonds. The molecule has 0 aromatic rings. The van der Waals surface area contributed by atoms with Crippen LogP contribution in [0.4, 0.5) is 0 Å². The van der Waals surface area contributed by atoms with E-state index in [0.29, 0.717) is 16.9 Å². The van der Waals surface area contributed by atoms with Crippen molar-refractivity contribution in [2.45, 2.75) is 46.6 Å². The molecule has 0 unspecified atom stereocenters. The van der Waals surface area contributed by atoms with Gasteiger partial charge in [0.2, 0.25) is 0 Å². The van der Waals surface area contributed by atoms with Gasteiger partial charge in [-0.1, -0.05) is 27.7 Å². The number of nitrogens with one attached hydrogen (secondary N) is 1. The molecule has 66 valence electrons. The Morgan fingerprint density at radius 3 is 1.55 bits per heavy atom. The lowest BCUT2D eigenvalue weighted by Crippen LogP contribution is -2.43. The van der Waals surface area contributed by atoms with Gasteiger partial charge >= 0.3 is 0 Å². The Morgan fingerprint density at radius 2 is 1.36 bits per heavy atom. The van der Waals surface area contributed by atoms with Crippen molar-refractivity contribution in [1.29, 1.82) is 0 Å². The third-order valence-corrected chi connectivity index (χ3v) is 3.27. The highest BCUT2D eigenvalue weighted by Crippen LogP contribution is 2.48. The molecule has 1 nitrogen and oxygen atoms in total. The van der Waals surface area contributed by atoms with Gasteiger partial charge in [-0.05, 0) is 30.7 Å². The minimum absolute atomic E-state index is 0.484. The van der Waals surface area contributed by atoms with E-state index in [1.807, 2.05) is 0 Å². The number of hydrogen-bond acceptors (Lipinski definition) is 1. The maximum atomic E-state index is 3.44. The lowest BCUT2D eigenvalue weighted by Gasteiger charge is -2.35. The van der Waals surface area contributed by atoms with Gasteiger partial charge in [-0.3, -0.25) is 0 Å². The topological polar surface area (TPSA) is 12.0 Å². The fourth-order valence-electron chi connectivity index (χ4n) is 2.77. The van der Waals surface area contributed by atoms with Crippen LogP contribution in [-0.4, -0.2) is 13.1 Å². The van der Waals surface area contributed by atoms with Gasteiger partial charge in [0.25, 0.3) is 0 Å². The molecule has 1 aliphatic rings. The van der Waals surface area contributed by atoms with Crippen LogP contribution in [0.3, 0.4) is 0 Å². The van der Waals surface area contributed by atoms with Crippen LogP contribution in [0, 0.1) is 10.8 Å². The summed E-state index contributed by atoms with van der Waals surface area (Å²) < 4.78 is 0. The van der Waals surface area contributed by atoms with Gasteiger partial charge in [-0.25, -0.2) is 0 Å². The predicted molar refractivity (Wildman–Crippen MR) is 49.6 cm³/mol. The van der Waals surface area contributed by atoms with Crippen molar-refractivity contribution in [3.63, 3.8) is 0 Å². The molecule has 11 heavy (non-hydrogen) atoms. The second-order valence-electron chi connectivity index (χ2n) is 5.20. The first kappa shape index (κ1) is 9.05. The molecule has 0 atom stereocenters. The van der Waals surface area contributed by atoms with Gasteiger partial charge in [-0.15, -0.1) is 0 Å². The molecule has 1 rings (SSSR count). The highest BCUT2D eigenvalue weighted by Gasteiger charge is 2.45. The zero-order valence-corrected chi connectivity index (χ0v) is 8.49. The summed E-state index contributed by atoms with van der Waals surface area (Å²) in [5.74, 6) is 0. The van der Waals surface area contributed by atoms with E-state index in [4.69, 9.17) is 0 Å². The first-order valence-corrected chi connectivity index (χ1v) is 4.57. The van der Waals surface area contributed by atoms with Crippen LogP contribution in [0.1, 0.15) is 40.5 Å². The minimum atomic E-state index is 0.484. The van der Waals surface area contributed by atoms with E-state index in [2.05, 4.69) is 40.1 Å². The van der Waals surface area contributed by atoms with Crippen molar-refractivity contribution >= 4 is 0 Å². The van der Waals surface area contributed by atoms with Gasteiger partial charge in [0.15, 0.2) is 0 Å². The predicted octanol–water partition coefficient (Wildman–Crippen LogP) is 2.42. The Labute approximate surface area is 70.6 Å². The van der Waals surface area contributed by atoms with E-state index in [1.54, 1.807) is 0 Å². The summed E-state index contributed by atoms with van der Waals surface area (Å²) >= 11 is 0. The first-order valence-electron chi connectivity index (χ1n) is 4.57. The van der Waals surface area contributed by atoms with Crippen LogP contribution in [0.15, 0.2) is 0 Å². The van der Waals surface area contributed by atoms with E-state index < -0.39 is 0 Å². The van der Waals surface area contributed by atoms with E-state index in [-0.39, 0.29) is 0 Å². The summed E-state index contributed by atoms with van der Waals surface area (Å²) in [4.78, 5) is 0. The summed E-state index contributed by atoms with van der Waals surface area (Å²) in [6.45, 7) is 9.46. The molecule has 1 fully saturated rings. The van der Waals surface area contributed by atoms with E-state index >= 15 is 0 Å². The van der Waals surface area contributed by atoms with E-state index in [1.165, 1.54) is 12.8 Å². The molecule has 0 spiro atoms.